The predicted octanol–water partition coefficient (Wildman–Crippen LogP) is 4.91. The van der Waals surface area contributed by atoms with Crippen molar-refractivity contribution in [2.24, 2.45) is 0 Å². The van der Waals surface area contributed by atoms with E-state index < -0.39 is 0 Å². The monoisotopic (exact) mass is 450 g/mol. The average Bonchev–Trinajstić information content (AvgIpc) is 3.52. The lowest BCUT2D eigenvalue weighted by Crippen LogP contribution is -2.37. The van der Waals surface area contributed by atoms with E-state index in [1.54, 1.807) is 12.1 Å². The van der Waals surface area contributed by atoms with Crippen LogP contribution in [0.3, 0.4) is 0 Å². The van der Waals surface area contributed by atoms with Crippen LogP contribution in [-0.2, 0) is 6.54 Å². The molecule has 7 nitrogen and oxygen atoms in total. The van der Waals surface area contributed by atoms with Crippen LogP contribution >= 0.6 is 0 Å². The summed E-state index contributed by atoms with van der Waals surface area (Å²) < 4.78 is 11.4. The normalized spacial score (nSPS) is 14.5. The van der Waals surface area contributed by atoms with E-state index in [1.165, 1.54) is 25.5 Å². The van der Waals surface area contributed by atoms with E-state index in [1.807, 2.05) is 49.3 Å². The Bertz CT molecular complexity index is 1010. The Kier molecular flexibility index (Phi) is 7.50. The van der Waals surface area contributed by atoms with Crippen LogP contribution in [0.5, 0.6) is 0 Å². The second-order valence-corrected chi connectivity index (χ2v) is 9.09. The number of anilines is 1. The number of aromatic nitrogens is 1. The molecule has 0 saturated heterocycles. The van der Waals surface area contributed by atoms with Crippen molar-refractivity contribution in [3.05, 3.63) is 60.1 Å². The maximum absolute atomic E-state index is 13.3. The fourth-order valence-corrected chi connectivity index (χ4v) is 4.50. The standard InChI is InChI=1S/C26H34N4O3/c1-28(2)16-17-30(25(31)23-15-10-18-32-23)19-22-24(20-11-6-4-7-12-20)27-33-26(22)29(3)21-13-8-5-9-14-21/h4,6-7,10-12,15,18,21H,5,8-9,13-14,16-17,19H2,1-3H3. The van der Waals surface area contributed by atoms with Crippen LogP contribution in [0.4, 0.5) is 5.88 Å². The molecule has 0 spiro atoms. The van der Waals surface area contributed by atoms with E-state index in [9.17, 15) is 4.79 Å². The molecule has 2 heterocycles. The molecule has 7 heteroatoms. The van der Waals surface area contributed by atoms with E-state index in [2.05, 4.69) is 22.0 Å². The van der Waals surface area contributed by atoms with Crippen molar-refractivity contribution in [3.8, 4) is 11.3 Å². The van der Waals surface area contributed by atoms with Gasteiger partial charge in [-0.15, -0.1) is 0 Å². The van der Waals surface area contributed by atoms with Crippen LogP contribution in [-0.4, -0.2) is 61.1 Å². The molecule has 176 valence electrons. The summed E-state index contributed by atoms with van der Waals surface area (Å²) in [6, 6.07) is 13.9. The highest BCUT2D eigenvalue weighted by Gasteiger charge is 2.29. The van der Waals surface area contributed by atoms with E-state index >= 15 is 0 Å². The van der Waals surface area contributed by atoms with Crippen LogP contribution in [0.15, 0.2) is 57.7 Å². The zero-order valence-corrected chi connectivity index (χ0v) is 19.9. The molecule has 0 radical (unpaired) electrons. The Labute approximate surface area is 195 Å². The molecule has 1 saturated carbocycles. The lowest BCUT2D eigenvalue weighted by atomic mass is 9.94. The zero-order chi connectivity index (χ0) is 23.2. The third-order valence-electron chi connectivity index (χ3n) is 6.44. The van der Waals surface area contributed by atoms with Gasteiger partial charge in [0.2, 0.25) is 5.88 Å². The number of amides is 1. The van der Waals surface area contributed by atoms with Gasteiger partial charge >= 0.3 is 0 Å². The number of hydrogen-bond acceptors (Lipinski definition) is 6. The van der Waals surface area contributed by atoms with Crippen molar-refractivity contribution in [1.29, 1.82) is 0 Å². The van der Waals surface area contributed by atoms with Crippen molar-refractivity contribution >= 4 is 11.8 Å². The second kappa shape index (κ2) is 10.7. The minimum Gasteiger partial charge on any atom is -0.459 e. The summed E-state index contributed by atoms with van der Waals surface area (Å²) in [7, 11) is 6.10. The molecule has 33 heavy (non-hydrogen) atoms. The third-order valence-corrected chi connectivity index (χ3v) is 6.44. The van der Waals surface area contributed by atoms with Gasteiger partial charge in [0.05, 0.1) is 18.4 Å². The van der Waals surface area contributed by atoms with Gasteiger partial charge in [-0.2, -0.15) is 0 Å². The van der Waals surface area contributed by atoms with Crippen LogP contribution in [0.1, 0.15) is 48.2 Å². The maximum Gasteiger partial charge on any atom is 0.289 e. The molecule has 2 aromatic heterocycles. The number of carbonyl (C=O) groups is 1. The molecule has 1 fully saturated rings. The van der Waals surface area contributed by atoms with Gasteiger partial charge in [-0.05, 0) is 39.1 Å². The Morgan fingerprint density at radius 1 is 1.00 bits per heavy atom. The number of carbonyl (C=O) groups excluding carboxylic acids is 1. The molecule has 1 aliphatic rings. The molecular weight excluding hydrogens is 416 g/mol. The Morgan fingerprint density at radius 2 is 1.76 bits per heavy atom. The summed E-state index contributed by atoms with van der Waals surface area (Å²) in [6.45, 7) is 1.71. The first-order valence-electron chi connectivity index (χ1n) is 11.8. The maximum atomic E-state index is 13.3. The fraction of sp³-hybridized carbons (Fsp3) is 0.462. The first-order valence-corrected chi connectivity index (χ1v) is 11.8. The highest BCUT2D eigenvalue weighted by Crippen LogP contribution is 2.35. The summed E-state index contributed by atoms with van der Waals surface area (Å²) in [5, 5.41) is 4.48. The summed E-state index contributed by atoms with van der Waals surface area (Å²) >= 11 is 0. The molecule has 0 aliphatic heterocycles. The van der Waals surface area contributed by atoms with Crippen LogP contribution in [0.25, 0.3) is 11.3 Å². The SMILES string of the molecule is CN(C)CCN(Cc1c(-c2ccccc2)noc1N(C)C1CCCCC1)C(=O)c1ccco1. The van der Waals surface area contributed by atoms with E-state index in [-0.39, 0.29) is 5.91 Å². The zero-order valence-electron chi connectivity index (χ0n) is 19.9. The Hall–Kier alpha value is -3.06. The summed E-state index contributed by atoms with van der Waals surface area (Å²) in [6.07, 6.45) is 7.58. The van der Waals surface area contributed by atoms with Gasteiger partial charge in [-0.25, -0.2) is 0 Å². The minimum absolute atomic E-state index is 0.131. The van der Waals surface area contributed by atoms with Gasteiger partial charge in [-0.3, -0.25) is 4.79 Å². The number of rotatable bonds is 9. The van der Waals surface area contributed by atoms with Crippen molar-refractivity contribution in [3.63, 3.8) is 0 Å². The molecule has 0 N–H and O–H groups in total. The number of benzene rings is 1. The topological polar surface area (TPSA) is 66.0 Å². The summed E-state index contributed by atoms with van der Waals surface area (Å²) in [5.74, 6) is 0.963. The van der Waals surface area contributed by atoms with Crippen LogP contribution < -0.4 is 4.90 Å². The Morgan fingerprint density at radius 3 is 2.42 bits per heavy atom. The largest absolute Gasteiger partial charge is 0.459 e. The van der Waals surface area contributed by atoms with E-state index in [0.717, 1.165) is 42.1 Å². The molecule has 0 unspecified atom stereocenters. The quantitative estimate of drug-likeness (QED) is 0.462. The van der Waals surface area contributed by atoms with Gasteiger partial charge < -0.3 is 23.6 Å². The molecule has 3 aromatic rings. The number of furan rings is 1. The molecule has 4 rings (SSSR count). The number of likely N-dealkylation sites (N-methyl/N-ethyl adjacent to an activating group) is 1. The highest BCUT2D eigenvalue weighted by molar-refractivity contribution is 5.91. The number of nitrogens with zero attached hydrogens (tertiary/aromatic N) is 4. The molecule has 1 aromatic carbocycles. The first-order chi connectivity index (χ1) is 16.0. The summed E-state index contributed by atoms with van der Waals surface area (Å²) in [4.78, 5) is 19.5. The molecule has 1 amide bonds. The lowest BCUT2D eigenvalue weighted by molar-refractivity contribution is 0.0700. The van der Waals surface area contributed by atoms with Crippen molar-refractivity contribution < 1.29 is 13.7 Å². The first kappa shape index (κ1) is 23.1. The van der Waals surface area contributed by atoms with Crippen molar-refractivity contribution in [2.45, 2.75) is 44.7 Å². The van der Waals surface area contributed by atoms with Crippen LogP contribution in [0.2, 0.25) is 0 Å². The lowest BCUT2D eigenvalue weighted by Gasteiger charge is -2.32. The molecule has 0 atom stereocenters. The highest BCUT2D eigenvalue weighted by atomic mass is 16.5. The average molecular weight is 451 g/mol. The van der Waals surface area contributed by atoms with Gasteiger partial charge in [0.15, 0.2) is 5.76 Å². The molecular formula is C26H34N4O3. The van der Waals surface area contributed by atoms with Crippen LogP contribution in [0, 0.1) is 0 Å². The summed E-state index contributed by atoms with van der Waals surface area (Å²) in [5.41, 5.74) is 2.71. The van der Waals surface area contributed by atoms with Crippen molar-refractivity contribution in [2.75, 3.05) is 39.1 Å². The molecule has 0 bridgehead atoms. The van der Waals surface area contributed by atoms with Gasteiger partial charge in [0.25, 0.3) is 5.91 Å². The molecule has 1 aliphatic carbocycles. The van der Waals surface area contributed by atoms with Gasteiger partial charge in [0.1, 0.15) is 5.69 Å². The van der Waals surface area contributed by atoms with Crippen molar-refractivity contribution in [1.82, 2.24) is 15.0 Å². The smallest absolute Gasteiger partial charge is 0.289 e. The Balaban J connectivity index is 1.70. The second-order valence-electron chi connectivity index (χ2n) is 9.09. The fourth-order valence-electron chi connectivity index (χ4n) is 4.50. The third kappa shape index (κ3) is 5.47. The van der Waals surface area contributed by atoms with E-state index in [0.29, 0.717) is 24.9 Å². The predicted molar refractivity (Wildman–Crippen MR) is 129 cm³/mol. The number of hydrogen-bond donors (Lipinski definition) is 0. The van der Waals surface area contributed by atoms with E-state index in [4.69, 9.17) is 8.94 Å². The minimum atomic E-state index is -0.131. The van der Waals surface area contributed by atoms with Gasteiger partial charge in [0, 0.05) is 31.7 Å². The van der Waals surface area contributed by atoms with Gasteiger partial charge in [-0.1, -0.05) is 54.8 Å².